The van der Waals surface area contributed by atoms with Crippen molar-refractivity contribution in [1.82, 2.24) is 0 Å². The minimum atomic E-state index is 0.0560. The molecule has 96 valence electrons. The monoisotopic (exact) mass is 234 g/mol. The highest BCUT2D eigenvalue weighted by atomic mass is 14.8. The Kier molecular flexibility index (Phi) is 3.21. The second-order valence-corrected chi connectivity index (χ2v) is 6.41. The van der Waals surface area contributed by atoms with Crippen LogP contribution in [0.3, 0.4) is 0 Å². The van der Waals surface area contributed by atoms with Gasteiger partial charge in [-0.25, -0.2) is 0 Å². The molecule has 0 saturated heterocycles. The number of rotatable bonds is 1. The summed E-state index contributed by atoms with van der Waals surface area (Å²) in [5.41, 5.74) is 14.2. The Morgan fingerprint density at radius 2 is 2.00 bits per heavy atom. The van der Waals surface area contributed by atoms with Crippen LogP contribution in [-0.4, -0.2) is 12.1 Å². The van der Waals surface area contributed by atoms with Crippen LogP contribution >= 0.6 is 0 Å². The van der Waals surface area contributed by atoms with Gasteiger partial charge in [-0.3, -0.25) is 0 Å². The Morgan fingerprint density at radius 3 is 2.59 bits per heavy atom. The van der Waals surface area contributed by atoms with E-state index in [-0.39, 0.29) is 17.5 Å². The molecule has 6 atom stereocenters. The number of fused-ring (bicyclic) bond motifs is 1. The molecule has 4 N–H and O–H groups in total. The van der Waals surface area contributed by atoms with Crippen molar-refractivity contribution in [3.05, 3.63) is 24.3 Å². The third-order valence-corrected chi connectivity index (χ3v) is 5.34. The summed E-state index contributed by atoms with van der Waals surface area (Å²) in [4.78, 5) is 0. The van der Waals surface area contributed by atoms with E-state index < -0.39 is 0 Å². The summed E-state index contributed by atoms with van der Waals surface area (Å²) >= 11 is 0. The van der Waals surface area contributed by atoms with E-state index in [1.54, 1.807) is 0 Å². The van der Waals surface area contributed by atoms with E-state index in [2.05, 4.69) is 39.5 Å². The molecule has 0 aliphatic heterocycles. The van der Waals surface area contributed by atoms with Gasteiger partial charge in [-0.15, -0.1) is 0 Å². The van der Waals surface area contributed by atoms with Gasteiger partial charge in [0.15, 0.2) is 0 Å². The Bertz CT molecular complexity index is 347. The number of hydrogen-bond donors (Lipinski definition) is 2. The fourth-order valence-electron chi connectivity index (χ4n) is 3.77. The van der Waals surface area contributed by atoms with E-state index in [0.29, 0.717) is 17.8 Å². The topological polar surface area (TPSA) is 52.0 Å². The van der Waals surface area contributed by atoms with Crippen LogP contribution in [0.4, 0.5) is 0 Å². The summed E-state index contributed by atoms with van der Waals surface area (Å²) in [7, 11) is 0. The highest BCUT2D eigenvalue weighted by Gasteiger charge is 2.50. The summed E-state index contributed by atoms with van der Waals surface area (Å²) in [6.07, 6.45) is 6.88. The SMILES string of the molecule is C=C(C)C1CC2(C)C(C)CC=CC2C(N)C1N. The average Bonchev–Trinajstić information content (AvgIpc) is 2.26. The molecule has 2 aliphatic rings. The molecule has 0 aromatic rings. The Hall–Kier alpha value is -0.600. The zero-order valence-electron chi connectivity index (χ0n) is 11.3. The lowest BCUT2D eigenvalue weighted by atomic mass is 9.52. The maximum Gasteiger partial charge on any atom is 0.0267 e. The van der Waals surface area contributed by atoms with Crippen molar-refractivity contribution < 1.29 is 0 Å². The van der Waals surface area contributed by atoms with Crippen LogP contribution in [-0.2, 0) is 0 Å². The molecular weight excluding hydrogens is 208 g/mol. The molecule has 1 saturated carbocycles. The van der Waals surface area contributed by atoms with Gasteiger partial charge in [0.25, 0.3) is 0 Å². The van der Waals surface area contributed by atoms with Crippen LogP contribution in [0.25, 0.3) is 0 Å². The second kappa shape index (κ2) is 4.25. The summed E-state index contributed by atoms with van der Waals surface area (Å²) in [5, 5.41) is 0. The van der Waals surface area contributed by atoms with Gasteiger partial charge in [-0.1, -0.05) is 38.2 Å². The molecule has 0 aromatic carbocycles. The lowest BCUT2D eigenvalue weighted by molar-refractivity contribution is 0.0247. The van der Waals surface area contributed by atoms with Gasteiger partial charge in [0.1, 0.15) is 0 Å². The van der Waals surface area contributed by atoms with E-state index in [1.165, 1.54) is 5.57 Å². The molecule has 2 heteroatoms. The summed E-state index contributed by atoms with van der Waals surface area (Å²) in [6.45, 7) is 10.9. The zero-order valence-corrected chi connectivity index (χ0v) is 11.3. The predicted octanol–water partition coefficient (Wildman–Crippen LogP) is 2.46. The molecule has 0 spiro atoms. The summed E-state index contributed by atoms with van der Waals surface area (Å²) < 4.78 is 0. The third-order valence-electron chi connectivity index (χ3n) is 5.34. The van der Waals surface area contributed by atoms with E-state index in [1.807, 2.05) is 0 Å². The first-order valence-electron chi connectivity index (χ1n) is 6.71. The molecule has 2 aliphatic carbocycles. The minimum absolute atomic E-state index is 0.0560. The molecule has 0 radical (unpaired) electrons. The smallest absolute Gasteiger partial charge is 0.0267 e. The molecule has 0 amide bonds. The number of hydrogen-bond acceptors (Lipinski definition) is 2. The zero-order chi connectivity index (χ0) is 12.8. The highest BCUT2D eigenvalue weighted by molar-refractivity contribution is 5.19. The standard InChI is InChI=1S/C15H26N2/c1-9(2)11-8-15(4)10(3)6-5-7-12(15)14(17)13(11)16/h5,7,10-14H,1,6,8,16-17H2,2-4H3. The minimum Gasteiger partial charge on any atom is -0.326 e. The van der Waals surface area contributed by atoms with Crippen molar-refractivity contribution in [1.29, 1.82) is 0 Å². The summed E-state index contributed by atoms with van der Waals surface area (Å²) in [6, 6.07) is 0.120. The van der Waals surface area contributed by atoms with Gasteiger partial charge in [-0.2, -0.15) is 0 Å². The Morgan fingerprint density at radius 1 is 1.35 bits per heavy atom. The first kappa shape index (κ1) is 12.8. The van der Waals surface area contributed by atoms with Crippen molar-refractivity contribution in [3.63, 3.8) is 0 Å². The molecule has 0 bridgehead atoms. The van der Waals surface area contributed by atoms with Crippen LogP contribution in [0.1, 0.15) is 33.6 Å². The predicted molar refractivity (Wildman–Crippen MR) is 73.4 cm³/mol. The van der Waals surface area contributed by atoms with Gasteiger partial charge in [-0.05, 0) is 42.9 Å². The van der Waals surface area contributed by atoms with Crippen molar-refractivity contribution in [3.8, 4) is 0 Å². The molecule has 0 heterocycles. The van der Waals surface area contributed by atoms with Crippen molar-refractivity contribution in [2.75, 3.05) is 0 Å². The molecular formula is C15H26N2. The highest BCUT2D eigenvalue weighted by Crippen LogP contribution is 2.52. The van der Waals surface area contributed by atoms with E-state index in [0.717, 1.165) is 12.8 Å². The van der Waals surface area contributed by atoms with Crippen molar-refractivity contribution >= 4 is 0 Å². The van der Waals surface area contributed by atoms with Crippen molar-refractivity contribution in [2.24, 2.45) is 34.6 Å². The average molecular weight is 234 g/mol. The van der Waals surface area contributed by atoms with Crippen LogP contribution in [0.2, 0.25) is 0 Å². The maximum atomic E-state index is 6.39. The van der Waals surface area contributed by atoms with Gasteiger partial charge >= 0.3 is 0 Å². The van der Waals surface area contributed by atoms with E-state index in [4.69, 9.17) is 11.5 Å². The summed E-state index contributed by atoms with van der Waals surface area (Å²) in [5.74, 6) is 1.48. The fourth-order valence-corrected chi connectivity index (χ4v) is 3.77. The van der Waals surface area contributed by atoms with Crippen LogP contribution in [0, 0.1) is 23.2 Å². The molecule has 2 nitrogen and oxygen atoms in total. The van der Waals surface area contributed by atoms with Crippen LogP contribution < -0.4 is 11.5 Å². The number of nitrogens with two attached hydrogens (primary N) is 2. The lowest BCUT2D eigenvalue weighted by Crippen LogP contribution is -2.61. The van der Waals surface area contributed by atoms with Gasteiger partial charge in [0.05, 0.1) is 0 Å². The quantitative estimate of drug-likeness (QED) is 0.685. The molecule has 17 heavy (non-hydrogen) atoms. The first-order valence-corrected chi connectivity index (χ1v) is 6.71. The second-order valence-electron chi connectivity index (χ2n) is 6.41. The number of allylic oxidation sites excluding steroid dienone is 1. The van der Waals surface area contributed by atoms with E-state index >= 15 is 0 Å². The molecule has 6 unspecified atom stereocenters. The van der Waals surface area contributed by atoms with Crippen molar-refractivity contribution in [2.45, 2.75) is 45.7 Å². The third kappa shape index (κ3) is 1.88. The molecule has 0 aromatic heterocycles. The largest absolute Gasteiger partial charge is 0.326 e. The van der Waals surface area contributed by atoms with Gasteiger partial charge < -0.3 is 11.5 Å². The van der Waals surface area contributed by atoms with Crippen LogP contribution in [0.5, 0.6) is 0 Å². The van der Waals surface area contributed by atoms with Gasteiger partial charge in [0, 0.05) is 12.1 Å². The molecule has 1 fully saturated rings. The first-order chi connectivity index (χ1) is 7.88. The lowest BCUT2D eigenvalue weighted by Gasteiger charge is -2.54. The fraction of sp³-hybridized carbons (Fsp3) is 0.733. The van der Waals surface area contributed by atoms with Gasteiger partial charge in [0.2, 0.25) is 0 Å². The Balaban J connectivity index is 2.36. The van der Waals surface area contributed by atoms with E-state index in [9.17, 15) is 0 Å². The maximum absolute atomic E-state index is 6.39. The Labute approximate surface area is 105 Å². The molecule has 2 rings (SSSR count). The normalized spacial score (nSPS) is 49.8. The van der Waals surface area contributed by atoms with Crippen LogP contribution in [0.15, 0.2) is 24.3 Å².